The molecule has 6 atom stereocenters. The lowest BCUT2D eigenvalue weighted by atomic mass is 9.56. The molecule has 0 unspecified atom stereocenters. The van der Waals surface area contributed by atoms with Crippen LogP contribution >= 0.6 is 0 Å². The Bertz CT molecular complexity index is 1160. The Hall–Kier alpha value is -1.92. The molecule has 9 rings (SSSR count). The van der Waals surface area contributed by atoms with Gasteiger partial charge in [-0.25, -0.2) is 0 Å². The molecule has 7 aliphatic heterocycles. The third kappa shape index (κ3) is 1.89. The molecule has 1 aliphatic carbocycles. The number of carbonyl (C=O) groups is 2. The Morgan fingerprint density at radius 1 is 1.12 bits per heavy atom. The Kier molecular flexibility index (Phi) is 3.13. The maximum Gasteiger partial charge on any atom is 0.241 e. The monoisotopic (exact) mass is 447 g/mol. The van der Waals surface area contributed by atoms with Crippen molar-refractivity contribution >= 4 is 17.5 Å². The number of hydrogen-bond donors (Lipinski definition) is 1. The number of benzene rings is 1. The highest BCUT2D eigenvalue weighted by atomic mass is 16.6. The first-order chi connectivity index (χ1) is 15.7. The highest BCUT2D eigenvalue weighted by Crippen LogP contribution is 2.71. The number of rotatable bonds is 0. The minimum atomic E-state index is -0.603. The van der Waals surface area contributed by atoms with Crippen LogP contribution in [0.2, 0.25) is 0 Å². The van der Waals surface area contributed by atoms with Crippen LogP contribution in [0, 0.1) is 11.3 Å². The van der Waals surface area contributed by atoms with Crippen molar-refractivity contribution in [3.8, 4) is 0 Å². The molecule has 174 valence electrons. The van der Waals surface area contributed by atoms with Crippen LogP contribution in [-0.2, 0) is 26.2 Å². The Morgan fingerprint density at radius 2 is 1.97 bits per heavy atom. The van der Waals surface area contributed by atoms with E-state index in [1.54, 1.807) is 0 Å². The molecule has 6 fully saturated rings. The zero-order valence-electron chi connectivity index (χ0n) is 19.9. The lowest BCUT2D eigenvalue weighted by Gasteiger charge is -2.63. The normalized spacial score (nSPS) is 48.2. The summed E-state index contributed by atoms with van der Waals surface area (Å²) in [6, 6.07) is 6.55. The summed E-state index contributed by atoms with van der Waals surface area (Å²) < 4.78 is 6.07. The second kappa shape index (κ2) is 5.33. The predicted molar refractivity (Wildman–Crippen MR) is 123 cm³/mol. The van der Waals surface area contributed by atoms with Gasteiger partial charge < -0.3 is 15.0 Å². The highest BCUT2D eigenvalue weighted by molar-refractivity contribution is 6.10. The van der Waals surface area contributed by atoms with E-state index >= 15 is 0 Å². The molecule has 2 amide bonds. The summed E-state index contributed by atoms with van der Waals surface area (Å²) in [5.41, 5.74) is 1.82. The van der Waals surface area contributed by atoms with Crippen LogP contribution in [0.5, 0.6) is 0 Å². The van der Waals surface area contributed by atoms with E-state index in [0.717, 1.165) is 44.5 Å². The van der Waals surface area contributed by atoms with Crippen molar-refractivity contribution in [2.45, 2.75) is 87.5 Å². The fourth-order valence-corrected chi connectivity index (χ4v) is 9.54. The number of hydrogen-bond acceptors (Lipinski definition) is 4. The number of carbonyl (C=O) groups excluding carboxylic acids is 2. The first-order valence-electron chi connectivity index (χ1n) is 12.9. The minimum absolute atomic E-state index is 0.209. The largest absolute Gasteiger partial charge is 0.364 e. The Labute approximate surface area is 195 Å². The van der Waals surface area contributed by atoms with Crippen molar-refractivity contribution in [2.75, 3.05) is 24.5 Å². The van der Waals surface area contributed by atoms with Crippen LogP contribution < -0.4 is 10.2 Å². The zero-order chi connectivity index (χ0) is 22.6. The summed E-state index contributed by atoms with van der Waals surface area (Å²) in [6.07, 6.45) is 5.92. The van der Waals surface area contributed by atoms with Crippen LogP contribution in [0.1, 0.15) is 64.0 Å². The van der Waals surface area contributed by atoms with Crippen molar-refractivity contribution in [3.05, 3.63) is 29.3 Å². The van der Waals surface area contributed by atoms with E-state index in [1.165, 1.54) is 17.5 Å². The average Bonchev–Trinajstić information content (AvgIpc) is 3.31. The summed E-state index contributed by atoms with van der Waals surface area (Å²) >= 11 is 0. The lowest BCUT2D eigenvalue weighted by Crippen LogP contribution is -2.80. The predicted octanol–water partition coefficient (Wildman–Crippen LogP) is 2.53. The lowest BCUT2D eigenvalue weighted by molar-refractivity contribution is -0.167. The molecule has 8 aliphatic rings. The molecule has 5 saturated heterocycles. The van der Waals surface area contributed by atoms with Crippen LogP contribution in [0.15, 0.2) is 18.2 Å². The van der Waals surface area contributed by atoms with Gasteiger partial charge in [0.2, 0.25) is 11.8 Å². The van der Waals surface area contributed by atoms with E-state index in [-0.39, 0.29) is 40.0 Å². The van der Waals surface area contributed by atoms with E-state index in [4.69, 9.17) is 4.74 Å². The summed E-state index contributed by atoms with van der Waals surface area (Å²) in [7, 11) is 0. The molecule has 1 saturated carbocycles. The standard InChI is InChI=1S/C27H33N3O3/c1-23(2)18-12-26-9-4-5-10-29(26)15-25(18,28-21(26)31)13-27(23)17-8-6-7-16-11-19-24(3,33-19)14-30(20(16)17)22(27)32/h6-8,18-19H,4-5,9-15H2,1-3H3,(H,28,31)/t18-,19+,24-,25-,26+,27+/m1/s1. The number of nitrogens with zero attached hydrogens (tertiary/aromatic N) is 2. The van der Waals surface area contributed by atoms with Crippen molar-refractivity contribution < 1.29 is 14.3 Å². The number of epoxide rings is 1. The Morgan fingerprint density at radius 3 is 2.82 bits per heavy atom. The summed E-state index contributed by atoms with van der Waals surface area (Å²) in [5, 5.41) is 3.56. The van der Waals surface area contributed by atoms with Gasteiger partial charge in [-0.05, 0) is 68.0 Å². The molecule has 2 bridgehead atoms. The van der Waals surface area contributed by atoms with Gasteiger partial charge in [-0.2, -0.15) is 0 Å². The van der Waals surface area contributed by atoms with Gasteiger partial charge in [0.25, 0.3) is 0 Å². The zero-order valence-corrected chi connectivity index (χ0v) is 19.9. The van der Waals surface area contributed by atoms with Gasteiger partial charge in [0.1, 0.15) is 11.1 Å². The van der Waals surface area contributed by atoms with E-state index < -0.39 is 5.41 Å². The van der Waals surface area contributed by atoms with Gasteiger partial charge in [-0.3, -0.25) is 14.5 Å². The first kappa shape index (κ1) is 19.4. The molecule has 33 heavy (non-hydrogen) atoms. The van der Waals surface area contributed by atoms with Crippen LogP contribution in [-0.4, -0.2) is 59.1 Å². The molecule has 1 N–H and O–H groups in total. The molecular weight excluding hydrogens is 414 g/mol. The number of nitrogens with one attached hydrogen (secondary N) is 1. The molecule has 1 aromatic rings. The quantitative estimate of drug-likeness (QED) is 0.621. The maximum absolute atomic E-state index is 14.6. The second-order valence-corrected chi connectivity index (χ2v) is 12.9. The number of piperazine rings is 1. The van der Waals surface area contributed by atoms with Crippen molar-refractivity contribution in [3.63, 3.8) is 0 Å². The molecule has 6 heteroatoms. The Balaban J connectivity index is 1.33. The molecule has 6 nitrogen and oxygen atoms in total. The fraction of sp³-hybridized carbons (Fsp3) is 0.704. The number of para-hydroxylation sites is 1. The van der Waals surface area contributed by atoms with E-state index in [2.05, 4.69) is 54.1 Å². The molecule has 3 spiro atoms. The third-order valence-corrected chi connectivity index (χ3v) is 11.3. The van der Waals surface area contributed by atoms with Gasteiger partial charge in [-0.1, -0.05) is 32.0 Å². The van der Waals surface area contributed by atoms with Crippen molar-refractivity contribution in [1.29, 1.82) is 0 Å². The van der Waals surface area contributed by atoms with Gasteiger partial charge >= 0.3 is 0 Å². The minimum Gasteiger partial charge on any atom is -0.364 e. The topological polar surface area (TPSA) is 65.2 Å². The summed E-state index contributed by atoms with van der Waals surface area (Å²) in [5.74, 6) is 0.752. The number of piperidine rings is 3. The summed E-state index contributed by atoms with van der Waals surface area (Å²) in [4.78, 5) is 32.7. The molecule has 1 aromatic carbocycles. The van der Waals surface area contributed by atoms with E-state index in [0.29, 0.717) is 18.9 Å². The first-order valence-corrected chi connectivity index (χ1v) is 12.9. The second-order valence-electron chi connectivity index (χ2n) is 12.9. The summed E-state index contributed by atoms with van der Waals surface area (Å²) in [6.45, 7) is 9.33. The maximum atomic E-state index is 14.6. The van der Waals surface area contributed by atoms with Crippen LogP contribution in [0.3, 0.4) is 0 Å². The highest BCUT2D eigenvalue weighted by Gasteiger charge is 2.78. The molecule has 0 aromatic heterocycles. The van der Waals surface area contributed by atoms with Crippen LogP contribution in [0.25, 0.3) is 0 Å². The molecule has 7 heterocycles. The number of anilines is 1. The van der Waals surface area contributed by atoms with E-state index in [1.807, 2.05) is 0 Å². The fourth-order valence-electron chi connectivity index (χ4n) is 9.54. The molecule has 0 radical (unpaired) electrons. The number of ether oxygens (including phenoxy) is 1. The van der Waals surface area contributed by atoms with Gasteiger partial charge in [0.15, 0.2) is 0 Å². The molecular formula is C27H33N3O3. The van der Waals surface area contributed by atoms with Crippen LogP contribution in [0.4, 0.5) is 5.69 Å². The van der Waals surface area contributed by atoms with Crippen molar-refractivity contribution in [1.82, 2.24) is 10.2 Å². The number of fused-ring (bicyclic) bond motifs is 3. The van der Waals surface area contributed by atoms with Crippen molar-refractivity contribution in [2.24, 2.45) is 11.3 Å². The number of amides is 2. The van der Waals surface area contributed by atoms with Gasteiger partial charge in [0, 0.05) is 13.0 Å². The SMILES string of the molecule is CC1(C)[C@H]2C[C@]34CCCCN3C[C@@]2(C[C@]12C(=O)N1C[C@@]3(C)O[C@H]3Cc3cccc2c31)NC4=O. The third-order valence-electron chi connectivity index (χ3n) is 11.3. The van der Waals surface area contributed by atoms with Gasteiger partial charge in [-0.15, -0.1) is 0 Å². The average molecular weight is 448 g/mol. The smallest absolute Gasteiger partial charge is 0.241 e. The van der Waals surface area contributed by atoms with E-state index in [9.17, 15) is 9.59 Å². The van der Waals surface area contributed by atoms with Gasteiger partial charge in [0.05, 0.1) is 29.3 Å².